The Bertz CT molecular complexity index is 349. The van der Waals surface area contributed by atoms with Crippen molar-refractivity contribution in [1.82, 2.24) is 10.2 Å². The quantitative estimate of drug-likeness (QED) is 0.681. The van der Waals surface area contributed by atoms with Gasteiger partial charge in [0.1, 0.15) is 0 Å². The van der Waals surface area contributed by atoms with E-state index in [0.717, 1.165) is 19.6 Å². The van der Waals surface area contributed by atoms with Crippen LogP contribution < -0.4 is 5.32 Å². The van der Waals surface area contributed by atoms with Crippen LogP contribution in [0, 0.1) is 0 Å². The van der Waals surface area contributed by atoms with Crippen LogP contribution in [0.25, 0.3) is 0 Å². The second-order valence-corrected chi connectivity index (χ2v) is 5.50. The van der Waals surface area contributed by atoms with Gasteiger partial charge in [0.25, 0.3) is 0 Å². The lowest BCUT2D eigenvalue weighted by atomic mass is 10.1. The van der Waals surface area contributed by atoms with Crippen molar-refractivity contribution in [1.29, 1.82) is 0 Å². The Kier molecular flexibility index (Phi) is 7.76. The first kappa shape index (κ1) is 16.2. The summed E-state index contributed by atoms with van der Waals surface area (Å²) in [6.07, 6.45) is 3.72. The Morgan fingerprint density at radius 2 is 1.79 bits per heavy atom. The lowest BCUT2D eigenvalue weighted by molar-refractivity contribution is 0.236. The van der Waals surface area contributed by atoms with Gasteiger partial charge >= 0.3 is 0 Å². The van der Waals surface area contributed by atoms with Crippen molar-refractivity contribution in [2.45, 2.75) is 59.2 Å². The van der Waals surface area contributed by atoms with Crippen molar-refractivity contribution in [2.24, 2.45) is 0 Å². The van der Waals surface area contributed by atoms with E-state index in [1.807, 2.05) is 0 Å². The normalized spacial score (nSPS) is 12.9. The molecule has 0 bridgehead atoms. The number of hydrogen-bond donors (Lipinski definition) is 1. The summed E-state index contributed by atoms with van der Waals surface area (Å²) in [5.74, 6) is 0. The first-order chi connectivity index (χ1) is 9.19. The first-order valence-electron chi connectivity index (χ1n) is 7.66. The predicted octanol–water partition coefficient (Wildman–Crippen LogP) is 3.81. The smallest absolute Gasteiger partial charge is 0.0236 e. The minimum Gasteiger partial charge on any atom is -0.313 e. The molecule has 1 unspecified atom stereocenters. The van der Waals surface area contributed by atoms with E-state index in [1.165, 1.54) is 30.4 Å². The fraction of sp³-hybridized carbons (Fsp3) is 0.647. The van der Waals surface area contributed by atoms with Crippen LogP contribution in [0.4, 0.5) is 0 Å². The number of nitrogens with zero attached hydrogens (tertiary/aromatic N) is 1. The van der Waals surface area contributed by atoms with Gasteiger partial charge in [0.05, 0.1) is 0 Å². The summed E-state index contributed by atoms with van der Waals surface area (Å²) in [5.41, 5.74) is 2.89. The molecule has 0 saturated heterocycles. The van der Waals surface area contributed by atoms with Gasteiger partial charge in [-0.2, -0.15) is 0 Å². The Hall–Kier alpha value is -0.860. The molecule has 0 radical (unpaired) electrons. The molecule has 1 aromatic carbocycles. The van der Waals surface area contributed by atoms with Crippen LogP contribution in [0.15, 0.2) is 24.3 Å². The molecule has 0 amide bonds. The van der Waals surface area contributed by atoms with Crippen LogP contribution in [0.1, 0.15) is 51.2 Å². The molecule has 2 heteroatoms. The highest BCUT2D eigenvalue weighted by Crippen LogP contribution is 2.14. The fourth-order valence-electron chi connectivity index (χ4n) is 2.35. The van der Waals surface area contributed by atoms with Crippen LogP contribution in [0.5, 0.6) is 0 Å². The predicted molar refractivity (Wildman–Crippen MR) is 84.3 cm³/mol. The van der Waals surface area contributed by atoms with Gasteiger partial charge in [-0.05, 0) is 44.5 Å². The summed E-state index contributed by atoms with van der Waals surface area (Å²) < 4.78 is 0. The second-order valence-electron chi connectivity index (χ2n) is 5.50. The van der Waals surface area contributed by atoms with Gasteiger partial charge in [0.2, 0.25) is 0 Å². The molecule has 1 rings (SSSR count). The molecule has 19 heavy (non-hydrogen) atoms. The molecule has 0 aliphatic rings. The molecule has 0 heterocycles. The molecule has 0 aromatic heterocycles. The largest absolute Gasteiger partial charge is 0.313 e. The lowest BCUT2D eigenvalue weighted by Gasteiger charge is -2.25. The van der Waals surface area contributed by atoms with Gasteiger partial charge in [-0.3, -0.25) is 4.90 Å². The van der Waals surface area contributed by atoms with Gasteiger partial charge in [0, 0.05) is 19.1 Å². The summed E-state index contributed by atoms with van der Waals surface area (Å²) in [5, 5.41) is 3.50. The van der Waals surface area contributed by atoms with Gasteiger partial charge in [-0.1, -0.05) is 44.5 Å². The average molecular weight is 262 g/mol. The maximum atomic E-state index is 3.50. The van der Waals surface area contributed by atoms with E-state index in [-0.39, 0.29) is 0 Å². The Morgan fingerprint density at radius 1 is 1.11 bits per heavy atom. The number of benzene rings is 1. The molecule has 2 nitrogen and oxygen atoms in total. The molecule has 1 aromatic rings. The molecular formula is C17H30N2. The molecule has 0 spiro atoms. The van der Waals surface area contributed by atoms with E-state index in [0.29, 0.717) is 6.04 Å². The van der Waals surface area contributed by atoms with E-state index in [4.69, 9.17) is 0 Å². The van der Waals surface area contributed by atoms with Crippen molar-refractivity contribution in [3.63, 3.8) is 0 Å². The van der Waals surface area contributed by atoms with Crippen molar-refractivity contribution < 1.29 is 0 Å². The Balaban J connectivity index is 2.61. The number of hydrogen-bond acceptors (Lipinski definition) is 2. The zero-order valence-corrected chi connectivity index (χ0v) is 13.1. The van der Waals surface area contributed by atoms with Crippen molar-refractivity contribution in [3.8, 4) is 0 Å². The third kappa shape index (κ3) is 5.75. The van der Waals surface area contributed by atoms with E-state index in [2.05, 4.69) is 62.3 Å². The standard InChI is InChI=1S/C17H30N2/c1-5-9-15(3)19(4)14-17-11-8-7-10-16(17)13-18-12-6-2/h7-8,10-11,15,18H,5-6,9,12-14H2,1-4H3. The fourth-order valence-corrected chi connectivity index (χ4v) is 2.35. The summed E-state index contributed by atoms with van der Waals surface area (Å²) in [6, 6.07) is 9.45. The van der Waals surface area contributed by atoms with Crippen LogP contribution >= 0.6 is 0 Å². The number of nitrogens with one attached hydrogen (secondary N) is 1. The molecule has 0 fully saturated rings. The van der Waals surface area contributed by atoms with E-state index in [9.17, 15) is 0 Å². The molecule has 108 valence electrons. The topological polar surface area (TPSA) is 15.3 Å². The highest BCUT2D eigenvalue weighted by atomic mass is 15.1. The third-order valence-corrected chi connectivity index (χ3v) is 3.74. The monoisotopic (exact) mass is 262 g/mol. The second kappa shape index (κ2) is 9.11. The SMILES string of the molecule is CCCNCc1ccccc1CN(C)C(C)CCC. The molecule has 0 aliphatic carbocycles. The zero-order valence-electron chi connectivity index (χ0n) is 13.1. The van der Waals surface area contributed by atoms with Gasteiger partial charge in [-0.25, -0.2) is 0 Å². The van der Waals surface area contributed by atoms with Crippen molar-refractivity contribution in [3.05, 3.63) is 35.4 Å². The van der Waals surface area contributed by atoms with Crippen LogP contribution in [0.3, 0.4) is 0 Å². The van der Waals surface area contributed by atoms with E-state index in [1.54, 1.807) is 0 Å². The zero-order chi connectivity index (χ0) is 14.1. The van der Waals surface area contributed by atoms with Crippen LogP contribution in [-0.4, -0.2) is 24.5 Å². The lowest BCUT2D eigenvalue weighted by Crippen LogP contribution is -2.29. The van der Waals surface area contributed by atoms with E-state index >= 15 is 0 Å². The highest BCUT2D eigenvalue weighted by Gasteiger charge is 2.10. The maximum Gasteiger partial charge on any atom is 0.0236 e. The van der Waals surface area contributed by atoms with Crippen LogP contribution in [-0.2, 0) is 13.1 Å². The third-order valence-electron chi connectivity index (χ3n) is 3.74. The summed E-state index contributed by atoms with van der Waals surface area (Å²) in [6.45, 7) is 9.91. The highest BCUT2D eigenvalue weighted by molar-refractivity contribution is 5.27. The summed E-state index contributed by atoms with van der Waals surface area (Å²) >= 11 is 0. The van der Waals surface area contributed by atoms with E-state index < -0.39 is 0 Å². The van der Waals surface area contributed by atoms with Gasteiger partial charge in [0.15, 0.2) is 0 Å². The van der Waals surface area contributed by atoms with Gasteiger partial charge in [-0.15, -0.1) is 0 Å². The summed E-state index contributed by atoms with van der Waals surface area (Å²) in [7, 11) is 2.23. The van der Waals surface area contributed by atoms with Gasteiger partial charge < -0.3 is 5.32 Å². The average Bonchev–Trinajstić information content (AvgIpc) is 2.41. The minimum absolute atomic E-state index is 0.654. The Morgan fingerprint density at radius 3 is 2.42 bits per heavy atom. The molecule has 0 saturated carbocycles. The summed E-state index contributed by atoms with van der Waals surface area (Å²) in [4.78, 5) is 2.46. The maximum absolute atomic E-state index is 3.50. The minimum atomic E-state index is 0.654. The molecule has 1 atom stereocenters. The number of rotatable bonds is 9. The molecular weight excluding hydrogens is 232 g/mol. The Labute approximate surface area is 119 Å². The van der Waals surface area contributed by atoms with Crippen molar-refractivity contribution in [2.75, 3.05) is 13.6 Å². The molecule has 1 N–H and O–H groups in total. The van der Waals surface area contributed by atoms with Crippen molar-refractivity contribution >= 4 is 0 Å². The molecule has 0 aliphatic heterocycles. The first-order valence-corrected chi connectivity index (χ1v) is 7.66. The van der Waals surface area contributed by atoms with Crippen LogP contribution in [0.2, 0.25) is 0 Å².